The monoisotopic (exact) mass is 296 g/mol. The van der Waals surface area contributed by atoms with Gasteiger partial charge >= 0.3 is 0 Å². The Kier molecular flexibility index (Phi) is 4.23. The Morgan fingerprint density at radius 3 is 2.18 bits per heavy atom. The second-order valence-corrected chi connectivity index (χ2v) is 6.13. The summed E-state index contributed by atoms with van der Waals surface area (Å²) in [6, 6.07) is 9.94. The molecule has 2 nitrogen and oxygen atoms in total. The number of piperazine rings is 1. The first-order valence-electron chi connectivity index (χ1n) is 6.25. The highest BCUT2D eigenvalue weighted by molar-refractivity contribution is 9.10. The summed E-state index contributed by atoms with van der Waals surface area (Å²) in [7, 11) is 2.21. The molecule has 0 spiro atoms. The maximum atomic E-state index is 3.48. The molecule has 0 radical (unpaired) electrons. The fourth-order valence-electron chi connectivity index (χ4n) is 2.73. The minimum atomic E-state index is 0.632. The average Bonchev–Trinajstić information content (AvgIpc) is 2.26. The summed E-state index contributed by atoms with van der Waals surface area (Å²) in [6.45, 7) is 8.04. The van der Waals surface area contributed by atoms with E-state index >= 15 is 0 Å². The van der Waals surface area contributed by atoms with Crippen molar-refractivity contribution in [3.8, 4) is 0 Å². The van der Waals surface area contributed by atoms with Crippen molar-refractivity contribution >= 4 is 15.9 Å². The molecule has 1 fully saturated rings. The lowest BCUT2D eigenvalue weighted by atomic mass is 10.1. The molecule has 1 aromatic rings. The molecule has 1 saturated heterocycles. The van der Waals surface area contributed by atoms with Gasteiger partial charge in [-0.3, -0.25) is 4.90 Å². The minimum Gasteiger partial charge on any atom is -0.303 e. The first-order chi connectivity index (χ1) is 8.06. The molecule has 0 aliphatic carbocycles. The van der Waals surface area contributed by atoms with Gasteiger partial charge in [0.15, 0.2) is 0 Å². The molecule has 1 aliphatic rings. The largest absolute Gasteiger partial charge is 0.303 e. The van der Waals surface area contributed by atoms with E-state index in [4.69, 9.17) is 0 Å². The molecular weight excluding hydrogens is 276 g/mol. The fraction of sp³-hybridized carbons (Fsp3) is 0.571. The molecular formula is C14H21BrN2. The second kappa shape index (κ2) is 5.51. The van der Waals surface area contributed by atoms with E-state index in [1.54, 1.807) is 0 Å². The van der Waals surface area contributed by atoms with Gasteiger partial charge in [-0.25, -0.2) is 0 Å². The lowest BCUT2D eigenvalue weighted by Crippen LogP contribution is -2.54. The van der Waals surface area contributed by atoms with Crippen LogP contribution in [0.25, 0.3) is 0 Å². The maximum Gasteiger partial charge on any atom is 0.0240 e. The van der Waals surface area contributed by atoms with Crippen LogP contribution in [0.2, 0.25) is 0 Å². The molecule has 0 aromatic heterocycles. The van der Waals surface area contributed by atoms with Crippen molar-refractivity contribution in [3.63, 3.8) is 0 Å². The summed E-state index contributed by atoms with van der Waals surface area (Å²) < 4.78 is 1.15. The van der Waals surface area contributed by atoms with E-state index in [1.165, 1.54) is 18.7 Å². The number of halogens is 1. The van der Waals surface area contributed by atoms with Gasteiger partial charge in [-0.1, -0.05) is 28.1 Å². The van der Waals surface area contributed by atoms with Crippen molar-refractivity contribution in [3.05, 3.63) is 34.3 Å². The summed E-state index contributed by atoms with van der Waals surface area (Å²) in [4.78, 5) is 5.02. The summed E-state index contributed by atoms with van der Waals surface area (Å²) in [5, 5.41) is 0. The zero-order valence-electron chi connectivity index (χ0n) is 10.9. The average molecular weight is 297 g/mol. The fourth-order valence-corrected chi connectivity index (χ4v) is 3.00. The second-order valence-electron chi connectivity index (χ2n) is 5.22. The third-order valence-electron chi connectivity index (χ3n) is 3.56. The normalized spacial score (nSPS) is 27.3. The van der Waals surface area contributed by atoms with E-state index in [-0.39, 0.29) is 0 Å². The molecule has 1 heterocycles. The molecule has 0 saturated carbocycles. The molecule has 1 aliphatic heterocycles. The highest BCUT2D eigenvalue weighted by Gasteiger charge is 2.27. The van der Waals surface area contributed by atoms with Crippen molar-refractivity contribution < 1.29 is 0 Å². The van der Waals surface area contributed by atoms with E-state index in [1.807, 2.05) is 0 Å². The van der Waals surface area contributed by atoms with Gasteiger partial charge in [-0.05, 0) is 38.6 Å². The number of rotatable bonds is 2. The maximum absolute atomic E-state index is 3.48. The van der Waals surface area contributed by atoms with Gasteiger partial charge in [-0.15, -0.1) is 0 Å². The molecule has 1 aromatic carbocycles. The Hall–Kier alpha value is -0.380. The van der Waals surface area contributed by atoms with Crippen LogP contribution >= 0.6 is 15.9 Å². The van der Waals surface area contributed by atoms with Gasteiger partial charge in [0.05, 0.1) is 0 Å². The van der Waals surface area contributed by atoms with Gasteiger partial charge in [0, 0.05) is 36.2 Å². The van der Waals surface area contributed by atoms with Crippen LogP contribution in [0, 0.1) is 0 Å². The van der Waals surface area contributed by atoms with Crippen LogP contribution in [0.3, 0.4) is 0 Å². The zero-order chi connectivity index (χ0) is 12.4. The van der Waals surface area contributed by atoms with Crippen LogP contribution in [0.1, 0.15) is 19.4 Å². The van der Waals surface area contributed by atoms with Crippen molar-refractivity contribution in [2.75, 3.05) is 20.1 Å². The lowest BCUT2D eigenvalue weighted by molar-refractivity contribution is 0.0458. The number of benzene rings is 1. The van der Waals surface area contributed by atoms with E-state index in [9.17, 15) is 0 Å². The SMILES string of the molecule is C[C@@H]1CN(C)C[C@H](C)N1Cc1ccc(Br)cc1. The van der Waals surface area contributed by atoms with Gasteiger partial charge in [0.25, 0.3) is 0 Å². The summed E-state index contributed by atoms with van der Waals surface area (Å²) >= 11 is 3.48. The summed E-state index contributed by atoms with van der Waals surface area (Å²) in [6.07, 6.45) is 0. The van der Waals surface area contributed by atoms with Crippen molar-refractivity contribution in [2.24, 2.45) is 0 Å². The van der Waals surface area contributed by atoms with Gasteiger partial charge in [-0.2, -0.15) is 0 Å². The molecule has 0 amide bonds. The van der Waals surface area contributed by atoms with E-state index < -0.39 is 0 Å². The zero-order valence-corrected chi connectivity index (χ0v) is 12.4. The highest BCUT2D eigenvalue weighted by atomic mass is 79.9. The Bertz CT molecular complexity index is 351. The van der Waals surface area contributed by atoms with Crippen LogP contribution in [-0.2, 0) is 6.54 Å². The highest BCUT2D eigenvalue weighted by Crippen LogP contribution is 2.19. The third-order valence-corrected chi connectivity index (χ3v) is 4.09. The molecule has 0 N–H and O–H groups in total. The standard InChI is InChI=1S/C14H21BrN2/c1-11-8-16(3)9-12(2)17(11)10-13-4-6-14(15)7-5-13/h4-7,11-12H,8-10H2,1-3H3/t11-,12+. The van der Waals surface area contributed by atoms with Crippen LogP contribution < -0.4 is 0 Å². The van der Waals surface area contributed by atoms with Crippen molar-refractivity contribution in [1.29, 1.82) is 0 Å². The molecule has 17 heavy (non-hydrogen) atoms. The molecule has 2 atom stereocenters. The Morgan fingerprint density at radius 2 is 1.65 bits per heavy atom. The number of hydrogen-bond acceptors (Lipinski definition) is 2. The van der Waals surface area contributed by atoms with Gasteiger partial charge in [0.2, 0.25) is 0 Å². The van der Waals surface area contributed by atoms with Crippen LogP contribution in [0.4, 0.5) is 0 Å². The molecule has 3 heteroatoms. The smallest absolute Gasteiger partial charge is 0.0240 e. The molecule has 94 valence electrons. The minimum absolute atomic E-state index is 0.632. The molecule has 0 unspecified atom stereocenters. The lowest BCUT2D eigenvalue weighted by Gasteiger charge is -2.43. The first-order valence-corrected chi connectivity index (χ1v) is 7.04. The Labute approximate surface area is 113 Å². The van der Waals surface area contributed by atoms with E-state index in [2.05, 4.69) is 70.9 Å². The van der Waals surface area contributed by atoms with E-state index in [0.29, 0.717) is 12.1 Å². The molecule has 0 bridgehead atoms. The quantitative estimate of drug-likeness (QED) is 0.828. The predicted octanol–water partition coefficient (Wildman–Crippen LogP) is 2.97. The number of likely N-dealkylation sites (N-methyl/N-ethyl adjacent to an activating group) is 1. The summed E-state index contributed by atoms with van der Waals surface area (Å²) in [5.74, 6) is 0. The molecule has 2 rings (SSSR count). The van der Waals surface area contributed by atoms with Gasteiger partial charge in [0.1, 0.15) is 0 Å². The van der Waals surface area contributed by atoms with Crippen LogP contribution in [-0.4, -0.2) is 42.0 Å². The van der Waals surface area contributed by atoms with Gasteiger partial charge < -0.3 is 4.90 Å². The number of hydrogen-bond donors (Lipinski definition) is 0. The Balaban J connectivity index is 2.04. The van der Waals surface area contributed by atoms with E-state index in [0.717, 1.165) is 11.0 Å². The third kappa shape index (κ3) is 3.30. The number of nitrogens with zero attached hydrogens (tertiary/aromatic N) is 2. The van der Waals surface area contributed by atoms with Crippen LogP contribution in [0.5, 0.6) is 0 Å². The van der Waals surface area contributed by atoms with Crippen molar-refractivity contribution in [1.82, 2.24) is 9.80 Å². The summed E-state index contributed by atoms with van der Waals surface area (Å²) in [5.41, 5.74) is 1.40. The Morgan fingerprint density at radius 1 is 1.12 bits per heavy atom. The van der Waals surface area contributed by atoms with Crippen molar-refractivity contribution in [2.45, 2.75) is 32.5 Å². The predicted molar refractivity (Wildman–Crippen MR) is 76.1 cm³/mol. The first kappa shape index (κ1) is 13.1. The topological polar surface area (TPSA) is 6.48 Å². The van der Waals surface area contributed by atoms with Crippen LogP contribution in [0.15, 0.2) is 28.7 Å².